The quantitative estimate of drug-likeness (QED) is 0.553. The number of thiocarbonyl (C=S) groups is 1. The van der Waals surface area contributed by atoms with E-state index in [1.165, 1.54) is 0 Å². The molecule has 0 aliphatic heterocycles. The first-order valence-corrected chi connectivity index (χ1v) is 6.26. The van der Waals surface area contributed by atoms with E-state index in [1.807, 2.05) is 0 Å². The Morgan fingerprint density at radius 3 is 2.78 bits per heavy atom. The van der Waals surface area contributed by atoms with Gasteiger partial charge in [0.1, 0.15) is 6.10 Å². The molecule has 0 amide bonds. The minimum absolute atomic E-state index is 0.365. The lowest BCUT2D eigenvalue weighted by atomic mass is 10.0. The van der Waals surface area contributed by atoms with Gasteiger partial charge in [0, 0.05) is 0 Å². The largest absolute Gasteiger partial charge is 0.390 e. The molecule has 1 aromatic carbocycles. The van der Waals surface area contributed by atoms with Crippen molar-refractivity contribution < 1.29 is 10.2 Å². The van der Waals surface area contributed by atoms with E-state index in [9.17, 15) is 10.2 Å². The van der Waals surface area contributed by atoms with E-state index in [2.05, 4.69) is 27.7 Å². The van der Waals surface area contributed by atoms with E-state index in [4.69, 9.17) is 11.6 Å². The number of halogens is 1. The van der Waals surface area contributed by atoms with Gasteiger partial charge in [0.25, 0.3) is 0 Å². The second-order valence-electron chi connectivity index (χ2n) is 3.82. The fraction of sp³-hybridized carbons (Fsp3) is 0.417. The van der Waals surface area contributed by atoms with Crippen molar-refractivity contribution in [1.82, 2.24) is 5.32 Å². The van der Waals surface area contributed by atoms with Crippen LogP contribution in [0.15, 0.2) is 23.2 Å². The summed E-state index contributed by atoms with van der Waals surface area (Å²) in [4.78, 5) is 3.78. The maximum atomic E-state index is 9.96. The zero-order chi connectivity index (χ0) is 13.5. The third-order valence-electron chi connectivity index (χ3n) is 2.53. The van der Waals surface area contributed by atoms with Gasteiger partial charge < -0.3 is 15.5 Å². The minimum Gasteiger partial charge on any atom is -0.390 e. The molecule has 0 saturated carbocycles. The van der Waals surface area contributed by atoms with Gasteiger partial charge in [0.15, 0.2) is 0 Å². The molecule has 1 aromatic rings. The number of benzene rings is 1. The zero-order valence-electron chi connectivity index (χ0n) is 9.93. The predicted octanol–water partition coefficient (Wildman–Crippen LogP) is 2.08. The number of nitrogens with one attached hydrogen (secondary N) is 1. The van der Waals surface area contributed by atoms with Crippen molar-refractivity contribution in [3.8, 4) is 0 Å². The van der Waals surface area contributed by atoms with Gasteiger partial charge in [-0.3, -0.25) is 0 Å². The van der Waals surface area contributed by atoms with Crippen LogP contribution in [0.4, 0.5) is 5.69 Å². The summed E-state index contributed by atoms with van der Waals surface area (Å²) in [7, 11) is 1.79. The first-order valence-electron chi connectivity index (χ1n) is 5.48. The molecule has 2 atom stereocenters. The Morgan fingerprint density at radius 2 is 2.22 bits per heavy atom. The highest BCUT2D eigenvalue weighted by molar-refractivity contribution is 7.78. The van der Waals surface area contributed by atoms with Crippen LogP contribution in [-0.2, 0) is 0 Å². The molecule has 0 radical (unpaired) electrons. The fourth-order valence-electron chi connectivity index (χ4n) is 1.52. The van der Waals surface area contributed by atoms with Crippen LogP contribution >= 0.6 is 23.8 Å². The summed E-state index contributed by atoms with van der Waals surface area (Å²) < 4.78 is 0. The fourth-order valence-corrected chi connectivity index (χ4v) is 1.85. The average Bonchev–Trinajstić information content (AvgIpc) is 2.37. The smallest absolute Gasteiger partial charge is 0.105 e. The Morgan fingerprint density at radius 1 is 1.50 bits per heavy atom. The highest BCUT2D eigenvalue weighted by Crippen LogP contribution is 2.29. The lowest BCUT2D eigenvalue weighted by Gasteiger charge is -2.18. The van der Waals surface area contributed by atoms with Crippen LogP contribution in [0.5, 0.6) is 0 Å². The number of hydrogen-bond donors (Lipinski definition) is 3. The molecular weight excluding hydrogens is 272 g/mol. The van der Waals surface area contributed by atoms with Gasteiger partial charge in [0.05, 0.1) is 22.0 Å². The van der Waals surface area contributed by atoms with E-state index in [1.54, 1.807) is 25.2 Å². The van der Waals surface area contributed by atoms with Crippen molar-refractivity contribution in [2.45, 2.75) is 18.6 Å². The molecule has 6 heteroatoms. The summed E-state index contributed by atoms with van der Waals surface area (Å²) in [5, 5.41) is 25.2. The van der Waals surface area contributed by atoms with Crippen molar-refractivity contribution in [3.63, 3.8) is 0 Å². The normalized spacial score (nSPS) is 13.8. The molecule has 0 fully saturated rings. The van der Waals surface area contributed by atoms with Gasteiger partial charge >= 0.3 is 0 Å². The van der Waals surface area contributed by atoms with Crippen LogP contribution in [0, 0.1) is 0 Å². The summed E-state index contributed by atoms with van der Waals surface area (Å²) in [6.07, 6.45) is -1.36. The number of aliphatic hydroxyl groups is 2. The highest BCUT2D eigenvalue weighted by atomic mass is 35.5. The second-order valence-corrected chi connectivity index (χ2v) is 4.41. The number of hydrogen-bond acceptors (Lipinski definition) is 5. The van der Waals surface area contributed by atoms with Crippen molar-refractivity contribution in [3.05, 3.63) is 28.8 Å². The number of aliphatic hydroxyl groups excluding tert-OH is 2. The standard InChI is InChI=1S/C12H15ClN2O2S/c1-14-5-4-11(16)12(17)8-2-3-10(15-7-18)9(13)6-8/h2-3,6,11-12,14,16-17H,4-5H2,1H3. The van der Waals surface area contributed by atoms with E-state index in [0.29, 0.717) is 29.2 Å². The number of rotatable bonds is 6. The van der Waals surface area contributed by atoms with Crippen LogP contribution in [0.25, 0.3) is 0 Å². The third-order valence-corrected chi connectivity index (χ3v) is 2.93. The topological polar surface area (TPSA) is 64.8 Å². The molecule has 0 saturated heterocycles. The van der Waals surface area contributed by atoms with Gasteiger partial charge in [-0.2, -0.15) is 4.99 Å². The lowest BCUT2D eigenvalue weighted by molar-refractivity contribution is 0.0140. The Bertz CT molecular complexity index is 450. The molecule has 98 valence electrons. The third kappa shape index (κ3) is 4.14. The molecule has 2 unspecified atom stereocenters. The molecule has 0 aliphatic carbocycles. The number of aliphatic imine (C=N–C) groups is 1. The van der Waals surface area contributed by atoms with Crippen LogP contribution in [-0.4, -0.2) is 35.1 Å². The number of isothiocyanates is 1. The molecule has 0 aliphatic rings. The molecular formula is C12H15ClN2O2S. The zero-order valence-corrected chi connectivity index (χ0v) is 11.5. The molecule has 0 heterocycles. The Hall–Kier alpha value is -0.810. The highest BCUT2D eigenvalue weighted by Gasteiger charge is 2.18. The Balaban J connectivity index is 2.83. The van der Waals surface area contributed by atoms with Crippen LogP contribution in [0.2, 0.25) is 5.02 Å². The molecule has 1 rings (SSSR count). The molecule has 3 N–H and O–H groups in total. The summed E-state index contributed by atoms with van der Waals surface area (Å²) in [5.41, 5.74) is 1.04. The predicted molar refractivity (Wildman–Crippen MR) is 75.6 cm³/mol. The summed E-state index contributed by atoms with van der Waals surface area (Å²) in [6.45, 7) is 0.624. The first kappa shape index (κ1) is 15.2. The summed E-state index contributed by atoms with van der Waals surface area (Å²) in [6, 6.07) is 4.86. The van der Waals surface area contributed by atoms with Crippen LogP contribution < -0.4 is 5.32 Å². The SMILES string of the molecule is CNCCC(O)C(O)c1ccc(N=C=S)c(Cl)c1. The monoisotopic (exact) mass is 286 g/mol. The van der Waals surface area contributed by atoms with Crippen LogP contribution in [0.1, 0.15) is 18.1 Å². The van der Waals surface area contributed by atoms with Gasteiger partial charge in [-0.25, -0.2) is 0 Å². The van der Waals surface area contributed by atoms with Crippen LogP contribution in [0.3, 0.4) is 0 Å². The first-order chi connectivity index (χ1) is 8.60. The van der Waals surface area contributed by atoms with Crippen molar-refractivity contribution >= 4 is 34.7 Å². The van der Waals surface area contributed by atoms with Crippen molar-refractivity contribution in [2.24, 2.45) is 4.99 Å². The molecule has 0 spiro atoms. The lowest BCUT2D eigenvalue weighted by Crippen LogP contribution is -2.23. The van der Waals surface area contributed by atoms with E-state index < -0.39 is 12.2 Å². The van der Waals surface area contributed by atoms with Gasteiger partial charge in [0.2, 0.25) is 0 Å². The van der Waals surface area contributed by atoms with Gasteiger partial charge in [-0.15, -0.1) is 0 Å². The average molecular weight is 287 g/mol. The molecule has 0 aromatic heterocycles. The minimum atomic E-state index is -0.971. The van der Waals surface area contributed by atoms with Crippen molar-refractivity contribution in [2.75, 3.05) is 13.6 Å². The molecule has 0 bridgehead atoms. The molecule has 4 nitrogen and oxygen atoms in total. The van der Waals surface area contributed by atoms with Crippen molar-refractivity contribution in [1.29, 1.82) is 0 Å². The van der Waals surface area contributed by atoms with E-state index in [-0.39, 0.29) is 0 Å². The Labute approximate surface area is 116 Å². The Kier molecular flexibility index (Phi) is 6.43. The second kappa shape index (κ2) is 7.59. The summed E-state index contributed by atoms with van der Waals surface area (Å²) >= 11 is 10.5. The maximum Gasteiger partial charge on any atom is 0.105 e. The van der Waals surface area contributed by atoms with E-state index in [0.717, 1.165) is 0 Å². The van der Waals surface area contributed by atoms with E-state index >= 15 is 0 Å². The van der Waals surface area contributed by atoms with Gasteiger partial charge in [-0.05, 0) is 49.9 Å². The van der Waals surface area contributed by atoms with Gasteiger partial charge in [-0.1, -0.05) is 17.7 Å². The number of nitrogens with zero attached hydrogens (tertiary/aromatic N) is 1. The summed E-state index contributed by atoms with van der Waals surface area (Å²) in [5.74, 6) is 0. The molecule has 18 heavy (non-hydrogen) atoms. The maximum absolute atomic E-state index is 9.96.